The number of halogens is 3. The van der Waals surface area contributed by atoms with Gasteiger partial charge in [-0.2, -0.15) is 0 Å². The van der Waals surface area contributed by atoms with Crippen molar-refractivity contribution in [2.75, 3.05) is 5.32 Å². The highest BCUT2D eigenvalue weighted by molar-refractivity contribution is 9.10. The number of anilines is 1. The molecule has 5 heteroatoms. The van der Waals surface area contributed by atoms with Crippen molar-refractivity contribution in [2.24, 2.45) is 0 Å². The molecule has 3 rings (SSSR count). The number of furan rings is 1. The number of rotatable bonds is 3. The molecule has 20 heavy (non-hydrogen) atoms. The maximum absolute atomic E-state index is 13.6. The van der Waals surface area contributed by atoms with Gasteiger partial charge in [-0.15, -0.1) is 0 Å². The van der Waals surface area contributed by atoms with Crippen molar-refractivity contribution in [3.05, 3.63) is 64.3 Å². The lowest BCUT2D eigenvalue weighted by Crippen LogP contribution is -2.01. The van der Waals surface area contributed by atoms with Gasteiger partial charge in [0.1, 0.15) is 17.2 Å². The van der Waals surface area contributed by atoms with E-state index in [1.165, 1.54) is 6.07 Å². The first kappa shape index (κ1) is 13.1. The topological polar surface area (TPSA) is 25.2 Å². The van der Waals surface area contributed by atoms with Crippen LogP contribution in [0.2, 0.25) is 0 Å². The summed E-state index contributed by atoms with van der Waals surface area (Å²) in [7, 11) is 0. The fraction of sp³-hybridized carbons (Fsp3) is 0.0667. The molecule has 0 aliphatic carbocycles. The first-order chi connectivity index (χ1) is 9.65. The summed E-state index contributed by atoms with van der Waals surface area (Å²) in [6.45, 7) is 0.395. The zero-order valence-electron chi connectivity index (χ0n) is 10.3. The number of nitrogens with one attached hydrogen (secondary N) is 1. The lowest BCUT2D eigenvalue weighted by Gasteiger charge is -2.07. The van der Waals surface area contributed by atoms with Crippen LogP contribution >= 0.6 is 15.9 Å². The predicted octanol–water partition coefficient (Wildman–Crippen LogP) is 5.09. The van der Waals surface area contributed by atoms with Crippen LogP contribution in [-0.2, 0) is 6.54 Å². The number of para-hydroxylation sites is 1. The van der Waals surface area contributed by atoms with E-state index in [-0.39, 0.29) is 10.2 Å². The number of fused-ring (bicyclic) bond motifs is 1. The van der Waals surface area contributed by atoms with Crippen molar-refractivity contribution in [2.45, 2.75) is 6.54 Å². The van der Waals surface area contributed by atoms with E-state index in [1.807, 2.05) is 24.3 Å². The van der Waals surface area contributed by atoms with Crippen molar-refractivity contribution >= 4 is 32.6 Å². The molecular weight excluding hydrogens is 328 g/mol. The van der Waals surface area contributed by atoms with Gasteiger partial charge in [-0.05, 0) is 28.1 Å². The summed E-state index contributed by atoms with van der Waals surface area (Å²) in [5, 5.41) is 3.92. The smallest absolute Gasteiger partial charge is 0.149 e. The van der Waals surface area contributed by atoms with Gasteiger partial charge in [-0.1, -0.05) is 18.2 Å². The maximum Gasteiger partial charge on any atom is 0.149 e. The first-order valence-corrected chi connectivity index (χ1v) is 6.78. The van der Waals surface area contributed by atoms with E-state index in [1.54, 1.807) is 6.26 Å². The molecule has 2 aromatic carbocycles. The molecule has 1 aromatic heterocycles. The predicted molar refractivity (Wildman–Crippen MR) is 77.6 cm³/mol. The second-order valence-electron chi connectivity index (χ2n) is 4.36. The zero-order valence-corrected chi connectivity index (χ0v) is 11.9. The Morgan fingerprint density at radius 3 is 2.75 bits per heavy atom. The first-order valence-electron chi connectivity index (χ1n) is 5.98. The van der Waals surface area contributed by atoms with Crippen LogP contribution in [0, 0.1) is 11.6 Å². The minimum atomic E-state index is -0.626. The van der Waals surface area contributed by atoms with Gasteiger partial charge in [-0.3, -0.25) is 0 Å². The zero-order chi connectivity index (χ0) is 14.1. The van der Waals surface area contributed by atoms with E-state index in [0.29, 0.717) is 6.54 Å². The Morgan fingerprint density at radius 2 is 1.90 bits per heavy atom. The molecule has 0 atom stereocenters. The van der Waals surface area contributed by atoms with E-state index in [4.69, 9.17) is 4.42 Å². The number of hydrogen-bond donors (Lipinski definition) is 1. The second kappa shape index (κ2) is 5.25. The van der Waals surface area contributed by atoms with Crippen LogP contribution in [0.25, 0.3) is 11.0 Å². The van der Waals surface area contributed by atoms with Gasteiger partial charge in [-0.25, -0.2) is 8.78 Å². The van der Waals surface area contributed by atoms with Gasteiger partial charge in [0, 0.05) is 23.6 Å². The largest absolute Gasteiger partial charge is 0.464 e. The van der Waals surface area contributed by atoms with E-state index < -0.39 is 11.6 Å². The maximum atomic E-state index is 13.6. The summed E-state index contributed by atoms with van der Waals surface area (Å²) < 4.78 is 32.4. The normalized spacial score (nSPS) is 10.9. The van der Waals surface area contributed by atoms with Gasteiger partial charge < -0.3 is 9.73 Å². The molecule has 102 valence electrons. The van der Waals surface area contributed by atoms with Crippen molar-refractivity contribution in [3.8, 4) is 0 Å². The summed E-state index contributed by atoms with van der Waals surface area (Å²) in [6, 6.07) is 9.84. The molecule has 0 aliphatic heterocycles. The molecule has 1 heterocycles. The Morgan fingerprint density at radius 1 is 1.10 bits per heavy atom. The summed E-state index contributed by atoms with van der Waals surface area (Å²) in [5.74, 6) is -1.25. The standard InChI is InChI=1S/C15H10BrF2NO/c16-11-5-14(13(18)6-12(11)17)19-7-9-8-20-15-4-2-1-3-10(9)15/h1-6,8,19H,7H2. The van der Waals surface area contributed by atoms with Gasteiger partial charge in [0.05, 0.1) is 16.4 Å². The Hall–Kier alpha value is -1.88. The molecule has 0 aliphatic rings. The third kappa shape index (κ3) is 2.41. The minimum Gasteiger partial charge on any atom is -0.464 e. The fourth-order valence-corrected chi connectivity index (χ4v) is 2.36. The van der Waals surface area contributed by atoms with E-state index in [9.17, 15) is 8.78 Å². The fourth-order valence-electron chi connectivity index (χ4n) is 2.02. The molecule has 1 N–H and O–H groups in total. The Labute approximate surface area is 122 Å². The van der Waals surface area contributed by atoms with E-state index >= 15 is 0 Å². The molecule has 2 nitrogen and oxygen atoms in total. The van der Waals surface area contributed by atoms with Crippen LogP contribution in [0.4, 0.5) is 14.5 Å². The van der Waals surface area contributed by atoms with Gasteiger partial charge in [0.25, 0.3) is 0 Å². The second-order valence-corrected chi connectivity index (χ2v) is 5.21. The molecule has 3 aromatic rings. The molecule has 0 saturated carbocycles. The highest BCUT2D eigenvalue weighted by atomic mass is 79.9. The van der Waals surface area contributed by atoms with E-state index in [0.717, 1.165) is 22.6 Å². The third-order valence-corrected chi connectivity index (χ3v) is 3.65. The molecule has 0 spiro atoms. The Balaban J connectivity index is 1.85. The molecular formula is C15H10BrF2NO. The van der Waals surface area contributed by atoms with Crippen LogP contribution in [0.5, 0.6) is 0 Å². The molecule has 0 fully saturated rings. The number of benzene rings is 2. The summed E-state index contributed by atoms with van der Waals surface area (Å²) in [4.78, 5) is 0. The highest BCUT2D eigenvalue weighted by Gasteiger charge is 2.09. The van der Waals surface area contributed by atoms with Crippen LogP contribution in [-0.4, -0.2) is 0 Å². The molecule has 0 unspecified atom stereocenters. The lowest BCUT2D eigenvalue weighted by atomic mass is 10.2. The molecule has 0 radical (unpaired) electrons. The summed E-state index contributed by atoms with van der Waals surface area (Å²) in [6.07, 6.45) is 1.63. The monoisotopic (exact) mass is 337 g/mol. The average molecular weight is 338 g/mol. The summed E-state index contributed by atoms with van der Waals surface area (Å²) in [5.41, 5.74) is 1.94. The summed E-state index contributed by atoms with van der Waals surface area (Å²) >= 11 is 3.04. The Bertz CT molecular complexity index is 770. The number of hydrogen-bond acceptors (Lipinski definition) is 2. The van der Waals surface area contributed by atoms with Gasteiger partial charge >= 0.3 is 0 Å². The quantitative estimate of drug-likeness (QED) is 0.673. The van der Waals surface area contributed by atoms with Crippen LogP contribution < -0.4 is 5.32 Å². The van der Waals surface area contributed by atoms with Crippen molar-refractivity contribution in [1.82, 2.24) is 0 Å². The van der Waals surface area contributed by atoms with Crippen molar-refractivity contribution in [3.63, 3.8) is 0 Å². The van der Waals surface area contributed by atoms with Crippen molar-refractivity contribution in [1.29, 1.82) is 0 Å². The lowest BCUT2D eigenvalue weighted by molar-refractivity contribution is 0.580. The van der Waals surface area contributed by atoms with Gasteiger partial charge in [0.2, 0.25) is 0 Å². The van der Waals surface area contributed by atoms with Crippen LogP contribution in [0.15, 0.2) is 51.6 Å². The minimum absolute atomic E-state index is 0.221. The van der Waals surface area contributed by atoms with Crippen LogP contribution in [0.1, 0.15) is 5.56 Å². The van der Waals surface area contributed by atoms with Gasteiger partial charge in [0.15, 0.2) is 0 Å². The van der Waals surface area contributed by atoms with Crippen molar-refractivity contribution < 1.29 is 13.2 Å². The van der Waals surface area contributed by atoms with Crippen LogP contribution in [0.3, 0.4) is 0 Å². The van der Waals surface area contributed by atoms with E-state index in [2.05, 4.69) is 21.2 Å². The average Bonchev–Trinajstić information content (AvgIpc) is 2.85. The molecule has 0 amide bonds. The molecule has 0 bridgehead atoms. The highest BCUT2D eigenvalue weighted by Crippen LogP contribution is 2.26. The SMILES string of the molecule is Fc1cc(F)c(NCc2coc3ccccc23)cc1Br. The molecule has 0 saturated heterocycles. The Kier molecular flexibility index (Phi) is 3.44. The third-order valence-electron chi connectivity index (χ3n) is 3.04.